The molecule has 0 saturated heterocycles. The molecule has 0 N–H and O–H groups in total. The van der Waals surface area contributed by atoms with Crippen LogP contribution in [0.15, 0.2) is 47.4 Å². The van der Waals surface area contributed by atoms with Gasteiger partial charge in [-0.25, -0.2) is 0 Å². The topological polar surface area (TPSA) is 82.1 Å². The summed E-state index contributed by atoms with van der Waals surface area (Å²) in [5.74, 6) is -0.150. The molecule has 1 aliphatic carbocycles. The highest BCUT2D eigenvalue weighted by molar-refractivity contribution is 7.87. The first-order valence-corrected chi connectivity index (χ1v) is 11.5. The van der Waals surface area contributed by atoms with E-state index >= 15 is 0 Å². The van der Waals surface area contributed by atoms with Crippen LogP contribution in [0.2, 0.25) is 0 Å². The molecule has 0 heterocycles. The smallest absolute Gasteiger partial charge is 0.416 e. The van der Waals surface area contributed by atoms with Gasteiger partial charge in [-0.3, -0.25) is 4.79 Å². The fourth-order valence-corrected chi connectivity index (χ4v) is 4.14. The van der Waals surface area contributed by atoms with Crippen molar-refractivity contribution >= 4 is 16.0 Å². The minimum atomic E-state index is -4.71. The molecule has 1 amide bonds. The average Bonchev–Trinajstić information content (AvgIpc) is 3.61. The van der Waals surface area contributed by atoms with E-state index in [1.54, 1.807) is 11.0 Å². The zero-order chi connectivity index (χ0) is 24.2. The lowest BCUT2D eigenvalue weighted by Crippen LogP contribution is -2.34. The number of methoxy groups -OCH3 is 2. The van der Waals surface area contributed by atoms with Gasteiger partial charge in [-0.05, 0) is 48.7 Å². The van der Waals surface area contributed by atoms with Crippen molar-refractivity contribution in [3.05, 3.63) is 53.6 Å². The van der Waals surface area contributed by atoms with Crippen molar-refractivity contribution in [2.75, 3.05) is 27.4 Å². The summed E-state index contributed by atoms with van der Waals surface area (Å²) in [5.41, 5.74) is -0.546. The Morgan fingerprint density at radius 2 is 1.82 bits per heavy atom. The van der Waals surface area contributed by atoms with Crippen LogP contribution in [0.1, 0.15) is 24.0 Å². The number of hydrogen-bond donors (Lipinski definition) is 0. The first-order chi connectivity index (χ1) is 15.5. The molecule has 1 saturated carbocycles. The minimum Gasteiger partial charge on any atom is -0.493 e. The maximum Gasteiger partial charge on any atom is 0.416 e. The third kappa shape index (κ3) is 6.38. The van der Waals surface area contributed by atoms with Crippen molar-refractivity contribution in [2.45, 2.75) is 30.5 Å². The number of ether oxygens (including phenoxy) is 2. The molecule has 0 aromatic heterocycles. The van der Waals surface area contributed by atoms with Crippen LogP contribution < -0.4 is 8.92 Å². The normalized spacial score (nSPS) is 14.1. The average molecular weight is 487 g/mol. The van der Waals surface area contributed by atoms with Crippen LogP contribution in [-0.4, -0.2) is 46.6 Å². The van der Waals surface area contributed by atoms with Gasteiger partial charge in [-0.15, -0.1) is 0 Å². The molecule has 7 nitrogen and oxygen atoms in total. The number of halogens is 3. The molecule has 11 heteroatoms. The quantitative estimate of drug-likeness (QED) is 0.474. The van der Waals surface area contributed by atoms with E-state index in [0.717, 1.165) is 31.0 Å². The van der Waals surface area contributed by atoms with Crippen molar-refractivity contribution in [2.24, 2.45) is 5.92 Å². The van der Waals surface area contributed by atoms with Crippen LogP contribution in [0.3, 0.4) is 0 Å². The van der Waals surface area contributed by atoms with E-state index < -0.39 is 26.8 Å². The summed E-state index contributed by atoms with van der Waals surface area (Å²) < 4.78 is 79.8. The molecule has 0 radical (unpaired) electrons. The number of carbonyl (C=O) groups is 1. The fraction of sp³-hybridized carbons (Fsp3) is 0.409. The highest BCUT2D eigenvalue weighted by Gasteiger charge is 2.34. The van der Waals surface area contributed by atoms with Gasteiger partial charge in [0.2, 0.25) is 5.91 Å². The SMILES string of the molecule is COCCN(Cc1ccc(OC)c(OS(=O)(=O)c2cccc(C(F)(F)F)c2)c1)C(=O)C1CC1. The molecule has 0 bridgehead atoms. The van der Waals surface area contributed by atoms with Gasteiger partial charge in [-0.2, -0.15) is 21.6 Å². The Hall–Kier alpha value is -2.79. The maximum absolute atomic E-state index is 13.0. The molecule has 0 atom stereocenters. The van der Waals surface area contributed by atoms with Gasteiger partial charge in [-0.1, -0.05) is 12.1 Å². The summed E-state index contributed by atoms with van der Waals surface area (Å²) in [7, 11) is -1.76. The predicted molar refractivity (Wildman–Crippen MR) is 112 cm³/mol. The van der Waals surface area contributed by atoms with Crippen LogP contribution in [0, 0.1) is 5.92 Å². The number of hydrogen-bond acceptors (Lipinski definition) is 6. The molecule has 2 aromatic carbocycles. The van der Waals surface area contributed by atoms with E-state index in [4.69, 9.17) is 13.7 Å². The van der Waals surface area contributed by atoms with E-state index in [2.05, 4.69) is 0 Å². The van der Waals surface area contributed by atoms with E-state index in [1.807, 2.05) is 0 Å². The fourth-order valence-electron chi connectivity index (χ4n) is 3.16. The predicted octanol–water partition coefficient (Wildman–Crippen LogP) is 3.87. The minimum absolute atomic E-state index is 0.0121. The van der Waals surface area contributed by atoms with Crippen molar-refractivity contribution in [1.29, 1.82) is 0 Å². The first-order valence-electron chi connectivity index (χ1n) is 10.1. The van der Waals surface area contributed by atoms with Gasteiger partial charge in [0.05, 0.1) is 19.3 Å². The zero-order valence-electron chi connectivity index (χ0n) is 18.1. The molecule has 0 unspecified atom stereocenters. The molecule has 0 aliphatic heterocycles. The second kappa shape index (κ2) is 10.0. The Kier molecular flexibility index (Phi) is 7.53. The summed E-state index contributed by atoms with van der Waals surface area (Å²) in [5, 5.41) is 0. The van der Waals surface area contributed by atoms with Crippen molar-refractivity contribution in [1.82, 2.24) is 4.90 Å². The van der Waals surface area contributed by atoms with Crippen LogP contribution in [0.5, 0.6) is 11.5 Å². The van der Waals surface area contributed by atoms with Crippen LogP contribution >= 0.6 is 0 Å². The molecular formula is C22H24F3NO6S. The van der Waals surface area contributed by atoms with Gasteiger partial charge in [0.1, 0.15) is 4.90 Å². The Morgan fingerprint density at radius 1 is 1.09 bits per heavy atom. The number of benzene rings is 2. The largest absolute Gasteiger partial charge is 0.493 e. The van der Waals surface area contributed by atoms with Crippen molar-refractivity contribution in [3.63, 3.8) is 0 Å². The van der Waals surface area contributed by atoms with Crippen LogP contribution in [-0.2, 0) is 32.4 Å². The molecular weight excluding hydrogens is 463 g/mol. The Bertz CT molecular complexity index is 1100. The number of carbonyl (C=O) groups excluding carboxylic acids is 1. The van der Waals surface area contributed by atoms with Gasteiger partial charge in [0, 0.05) is 26.1 Å². The maximum atomic E-state index is 13.0. The number of rotatable bonds is 10. The molecule has 1 aliphatic rings. The summed E-state index contributed by atoms with van der Waals surface area (Å²) in [4.78, 5) is 13.6. The highest BCUT2D eigenvalue weighted by Crippen LogP contribution is 2.35. The summed E-state index contributed by atoms with van der Waals surface area (Å²) in [6, 6.07) is 7.80. The summed E-state index contributed by atoms with van der Waals surface area (Å²) >= 11 is 0. The number of nitrogens with zero attached hydrogens (tertiary/aromatic N) is 1. The lowest BCUT2D eigenvalue weighted by molar-refractivity contribution is -0.137. The van der Waals surface area contributed by atoms with E-state index in [-0.39, 0.29) is 29.9 Å². The molecule has 2 aromatic rings. The molecule has 180 valence electrons. The second-order valence-electron chi connectivity index (χ2n) is 7.58. The lowest BCUT2D eigenvalue weighted by atomic mass is 10.1. The molecule has 3 rings (SSSR count). The highest BCUT2D eigenvalue weighted by atomic mass is 32.2. The van der Waals surface area contributed by atoms with Crippen LogP contribution in [0.4, 0.5) is 13.2 Å². The summed E-state index contributed by atoms with van der Waals surface area (Å²) in [6.07, 6.45) is -3.05. The third-order valence-corrected chi connectivity index (χ3v) is 6.28. The number of alkyl halides is 3. The van der Waals surface area contributed by atoms with E-state index in [0.29, 0.717) is 24.8 Å². The zero-order valence-corrected chi connectivity index (χ0v) is 18.9. The first kappa shape index (κ1) is 24.8. The Balaban J connectivity index is 1.86. The van der Waals surface area contributed by atoms with Gasteiger partial charge in [0.25, 0.3) is 0 Å². The monoisotopic (exact) mass is 487 g/mol. The Morgan fingerprint density at radius 3 is 2.42 bits per heavy atom. The second-order valence-corrected chi connectivity index (χ2v) is 9.12. The van der Waals surface area contributed by atoms with Crippen molar-refractivity contribution < 1.29 is 40.0 Å². The molecule has 0 spiro atoms. The lowest BCUT2D eigenvalue weighted by Gasteiger charge is -2.23. The van der Waals surface area contributed by atoms with Gasteiger partial charge in [0.15, 0.2) is 11.5 Å². The summed E-state index contributed by atoms with van der Waals surface area (Å²) in [6.45, 7) is 0.876. The van der Waals surface area contributed by atoms with Gasteiger partial charge < -0.3 is 18.6 Å². The van der Waals surface area contributed by atoms with Crippen LogP contribution in [0.25, 0.3) is 0 Å². The third-order valence-electron chi connectivity index (χ3n) is 5.05. The van der Waals surface area contributed by atoms with Gasteiger partial charge >= 0.3 is 16.3 Å². The van der Waals surface area contributed by atoms with Crippen molar-refractivity contribution in [3.8, 4) is 11.5 Å². The molecule has 33 heavy (non-hydrogen) atoms. The standard InChI is InChI=1S/C22H24F3NO6S/c1-30-11-10-26(21(27)16-7-8-16)14-15-6-9-19(31-2)20(12-15)32-33(28,29)18-5-3-4-17(13-18)22(23,24)25/h3-6,9,12-13,16H,7-8,10-11,14H2,1-2H3. The number of amides is 1. The Labute approximate surface area is 190 Å². The molecule has 1 fully saturated rings. The van der Waals surface area contributed by atoms with E-state index in [1.165, 1.54) is 26.4 Å². The van der Waals surface area contributed by atoms with E-state index in [9.17, 15) is 26.4 Å².